The summed E-state index contributed by atoms with van der Waals surface area (Å²) in [6, 6.07) is 4.96. The van der Waals surface area contributed by atoms with Gasteiger partial charge in [0.2, 0.25) is 0 Å². The molecule has 5 heteroatoms. The van der Waals surface area contributed by atoms with Gasteiger partial charge >= 0.3 is 0 Å². The van der Waals surface area contributed by atoms with Crippen LogP contribution in [0.5, 0.6) is 0 Å². The number of nitrogen functional groups attached to an aromatic ring is 1. The Kier molecular flexibility index (Phi) is 3.19. The van der Waals surface area contributed by atoms with Crippen molar-refractivity contribution in [3.63, 3.8) is 0 Å². The van der Waals surface area contributed by atoms with Crippen molar-refractivity contribution in [2.24, 2.45) is 0 Å². The molecule has 1 aromatic carbocycles. The highest BCUT2D eigenvalue weighted by atomic mass is 79.9. The number of rotatable bonds is 2. The van der Waals surface area contributed by atoms with Gasteiger partial charge in [0.05, 0.1) is 10.2 Å². The summed E-state index contributed by atoms with van der Waals surface area (Å²) in [5.74, 6) is 0.402. The summed E-state index contributed by atoms with van der Waals surface area (Å²) in [6.45, 7) is 4.06. The Morgan fingerprint density at radius 3 is 2.71 bits per heavy atom. The third kappa shape index (κ3) is 2.20. The number of benzene rings is 1. The molecule has 0 unspecified atom stereocenters. The molecule has 1 aromatic heterocycles. The van der Waals surface area contributed by atoms with Gasteiger partial charge in [0, 0.05) is 11.1 Å². The molecule has 1 heterocycles. The minimum Gasteiger partial charge on any atom is -0.382 e. The monoisotopic (exact) mass is 297 g/mol. The van der Waals surface area contributed by atoms with Gasteiger partial charge in [-0.2, -0.15) is 5.10 Å². The third-order valence-corrected chi connectivity index (χ3v) is 3.26. The first kappa shape index (κ1) is 12.1. The van der Waals surface area contributed by atoms with Gasteiger partial charge in [-0.25, -0.2) is 4.39 Å². The number of aromatic amines is 1. The lowest BCUT2D eigenvalue weighted by Crippen LogP contribution is -1.95. The minimum atomic E-state index is -0.301. The van der Waals surface area contributed by atoms with Crippen molar-refractivity contribution in [2.45, 2.75) is 19.8 Å². The van der Waals surface area contributed by atoms with Crippen molar-refractivity contribution in [1.82, 2.24) is 10.2 Å². The van der Waals surface area contributed by atoms with Crippen molar-refractivity contribution in [1.29, 1.82) is 0 Å². The second kappa shape index (κ2) is 4.49. The lowest BCUT2D eigenvalue weighted by molar-refractivity contribution is 0.621. The molecule has 2 rings (SSSR count). The normalized spacial score (nSPS) is 11.1. The van der Waals surface area contributed by atoms with E-state index in [0.717, 1.165) is 16.8 Å². The molecular formula is C12H13BrFN3. The summed E-state index contributed by atoms with van der Waals surface area (Å²) in [5.41, 5.74) is 8.26. The van der Waals surface area contributed by atoms with E-state index in [2.05, 4.69) is 26.1 Å². The van der Waals surface area contributed by atoms with Crippen LogP contribution in [0.2, 0.25) is 0 Å². The van der Waals surface area contributed by atoms with Crippen LogP contribution in [0, 0.1) is 5.82 Å². The second-order valence-corrected chi connectivity index (χ2v) is 5.04. The zero-order chi connectivity index (χ0) is 12.6. The SMILES string of the molecule is CC(C)c1c(N)n[nH]c1-c1ccc(Br)c(F)c1. The highest BCUT2D eigenvalue weighted by molar-refractivity contribution is 9.10. The number of H-pyrrole nitrogens is 1. The van der Waals surface area contributed by atoms with Gasteiger partial charge < -0.3 is 5.73 Å². The molecule has 0 saturated carbocycles. The van der Waals surface area contributed by atoms with Gasteiger partial charge in [0.25, 0.3) is 0 Å². The van der Waals surface area contributed by atoms with E-state index >= 15 is 0 Å². The van der Waals surface area contributed by atoms with Crippen LogP contribution in [0.4, 0.5) is 10.2 Å². The molecule has 2 aromatic rings. The topological polar surface area (TPSA) is 54.7 Å². The number of nitrogens with one attached hydrogen (secondary N) is 1. The second-order valence-electron chi connectivity index (χ2n) is 4.18. The molecule has 0 bridgehead atoms. The molecule has 0 radical (unpaired) electrons. The maximum Gasteiger partial charge on any atom is 0.149 e. The Morgan fingerprint density at radius 1 is 1.41 bits per heavy atom. The van der Waals surface area contributed by atoms with E-state index in [4.69, 9.17) is 5.73 Å². The first-order valence-corrected chi connectivity index (χ1v) is 6.09. The largest absolute Gasteiger partial charge is 0.382 e. The predicted octanol–water partition coefficient (Wildman–Crippen LogP) is 3.68. The fourth-order valence-corrected chi connectivity index (χ4v) is 2.07. The summed E-state index contributed by atoms with van der Waals surface area (Å²) in [5, 5.41) is 6.85. The predicted molar refractivity (Wildman–Crippen MR) is 70.2 cm³/mol. The number of anilines is 1. The lowest BCUT2D eigenvalue weighted by Gasteiger charge is -2.08. The Bertz CT molecular complexity index is 549. The number of aromatic nitrogens is 2. The van der Waals surface area contributed by atoms with E-state index in [1.807, 2.05) is 19.9 Å². The van der Waals surface area contributed by atoms with Crippen molar-refractivity contribution in [2.75, 3.05) is 5.73 Å². The molecule has 17 heavy (non-hydrogen) atoms. The lowest BCUT2D eigenvalue weighted by atomic mass is 9.99. The summed E-state index contributed by atoms with van der Waals surface area (Å²) in [4.78, 5) is 0. The van der Waals surface area contributed by atoms with E-state index in [1.165, 1.54) is 6.07 Å². The number of hydrogen-bond donors (Lipinski definition) is 2. The zero-order valence-electron chi connectivity index (χ0n) is 9.59. The van der Waals surface area contributed by atoms with E-state index in [9.17, 15) is 4.39 Å². The standard InChI is InChI=1S/C12H13BrFN3/c1-6(2)10-11(16-17-12(10)15)7-3-4-8(13)9(14)5-7/h3-6H,1-2H3,(H3,15,16,17). The summed E-state index contributed by atoms with van der Waals surface area (Å²) in [6.07, 6.45) is 0. The fourth-order valence-electron chi connectivity index (χ4n) is 1.82. The number of halogens is 2. The Hall–Kier alpha value is -1.36. The van der Waals surface area contributed by atoms with Crippen molar-refractivity contribution >= 4 is 21.7 Å². The van der Waals surface area contributed by atoms with Crippen LogP contribution in [0.1, 0.15) is 25.3 Å². The van der Waals surface area contributed by atoms with E-state index in [1.54, 1.807) is 6.07 Å². The molecule has 0 amide bonds. The van der Waals surface area contributed by atoms with E-state index in [-0.39, 0.29) is 11.7 Å². The van der Waals surface area contributed by atoms with Gasteiger partial charge in [-0.05, 0) is 34.0 Å². The number of hydrogen-bond acceptors (Lipinski definition) is 2. The van der Waals surface area contributed by atoms with Gasteiger partial charge in [-0.15, -0.1) is 0 Å². The van der Waals surface area contributed by atoms with Crippen LogP contribution in [0.15, 0.2) is 22.7 Å². The van der Waals surface area contributed by atoms with Crippen LogP contribution >= 0.6 is 15.9 Å². The molecular weight excluding hydrogens is 285 g/mol. The Morgan fingerprint density at radius 2 is 2.12 bits per heavy atom. The van der Waals surface area contributed by atoms with Gasteiger partial charge in [-0.1, -0.05) is 19.9 Å². The maximum atomic E-state index is 13.5. The molecule has 0 aliphatic rings. The fraction of sp³-hybridized carbons (Fsp3) is 0.250. The first-order valence-electron chi connectivity index (χ1n) is 5.30. The molecule has 0 aliphatic heterocycles. The van der Waals surface area contributed by atoms with Crippen LogP contribution in [-0.4, -0.2) is 10.2 Å². The highest BCUT2D eigenvalue weighted by Crippen LogP contribution is 2.32. The molecule has 0 fully saturated rings. The van der Waals surface area contributed by atoms with Gasteiger partial charge in [0.1, 0.15) is 11.6 Å². The van der Waals surface area contributed by atoms with Crippen LogP contribution in [0.3, 0.4) is 0 Å². The average Bonchev–Trinajstić information content (AvgIpc) is 2.64. The smallest absolute Gasteiger partial charge is 0.149 e. The number of nitrogens with two attached hydrogens (primary N) is 1. The summed E-state index contributed by atoms with van der Waals surface area (Å²) >= 11 is 3.13. The minimum absolute atomic E-state index is 0.232. The molecule has 0 atom stereocenters. The molecule has 3 nitrogen and oxygen atoms in total. The number of nitrogens with zero attached hydrogens (tertiary/aromatic N) is 1. The molecule has 0 aliphatic carbocycles. The Labute approximate surface area is 107 Å². The maximum absolute atomic E-state index is 13.5. The Balaban J connectivity index is 2.56. The van der Waals surface area contributed by atoms with Crippen LogP contribution < -0.4 is 5.73 Å². The van der Waals surface area contributed by atoms with Crippen LogP contribution in [-0.2, 0) is 0 Å². The highest BCUT2D eigenvalue weighted by Gasteiger charge is 2.16. The molecule has 90 valence electrons. The van der Waals surface area contributed by atoms with Gasteiger partial charge in [0.15, 0.2) is 0 Å². The van der Waals surface area contributed by atoms with Crippen LogP contribution in [0.25, 0.3) is 11.3 Å². The van der Waals surface area contributed by atoms with Crippen molar-refractivity contribution < 1.29 is 4.39 Å². The van der Waals surface area contributed by atoms with E-state index in [0.29, 0.717) is 10.3 Å². The molecule has 0 saturated heterocycles. The molecule has 0 spiro atoms. The third-order valence-electron chi connectivity index (χ3n) is 2.62. The van der Waals surface area contributed by atoms with E-state index < -0.39 is 0 Å². The zero-order valence-corrected chi connectivity index (χ0v) is 11.2. The summed E-state index contributed by atoms with van der Waals surface area (Å²) in [7, 11) is 0. The quantitative estimate of drug-likeness (QED) is 0.888. The average molecular weight is 298 g/mol. The first-order chi connectivity index (χ1) is 8.00. The van der Waals surface area contributed by atoms with Crippen molar-refractivity contribution in [3.8, 4) is 11.3 Å². The molecule has 3 N–H and O–H groups in total. The summed E-state index contributed by atoms with van der Waals surface area (Å²) < 4.78 is 13.9. The van der Waals surface area contributed by atoms with Gasteiger partial charge in [-0.3, -0.25) is 5.10 Å². The van der Waals surface area contributed by atoms with Crippen molar-refractivity contribution in [3.05, 3.63) is 34.1 Å².